The molecule has 1 aliphatic rings. The zero-order valence-electron chi connectivity index (χ0n) is 9.16. The minimum atomic E-state index is -0.799. The molecule has 70 valence electrons. The Hall–Kier alpha value is 0.286. The number of fused-ring (bicyclic) bond motifs is 1. The number of hydrogen-bond acceptors (Lipinski definition) is 2. The molecule has 1 aromatic carbocycles. The van der Waals surface area contributed by atoms with Gasteiger partial charge in [0.2, 0.25) is 0 Å². The molecule has 0 aliphatic carbocycles. The van der Waals surface area contributed by atoms with Gasteiger partial charge < -0.3 is 11.8 Å². The Morgan fingerprint density at radius 3 is 2.93 bits per heavy atom. The second kappa shape index (κ2) is 5.39. The normalized spacial score (nSPS) is 19.3. The summed E-state index contributed by atoms with van der Waals surface area (Å²) >= 11 is 0. The van der Waals surface area contributed by atoms with E-state index >= 15 is 0 Å². The van der Waals surface area contributed by atoms with E-state index in [1.54, 1.807) is 0 Å². The van der Waals surface area contributed by atoms with Crippen molar-refractivity contribution in [2.75, 3.05) is 6.54 Å². The average Bonchev–Trinajstić information content (AvgIpc) is 2.17. The summed E-state index contributed by atoms with van der Waals surface area (Å²) in [5.41, 5.74) is 2.05. The number of benzene rings is 1. The van der Waals surface area contributed by atoms with Gasteiger partial charge in [0, 0.05) is 6.54 Å². The first-order valence-corrected chi connectivity index (χ1v) is 4.33. The summed E-state index contributed by atoms with van der Waals surface area (Å²) in [7, 11) is 0. The molecule has 0 amide bonds. The third-order valence-electron chi connectivity index (χ3n) is 2.36. The van der Waals surface area contributed by atoms with E-state index in [-0.39, 0.29) is 52.8 Å². The van der Waals surface area contributed by atoms with Crippen molar-refractivity contribution in [3.05, 3.63) is 35.4 Å². The summed E-state index contributed by atoms with van der Waals surface area (Å²) in [6.45, 7) is 0.744. The molecular formula is C10H12KNO2. The average molecular weight is 217 g/mol. The van der Waals surface area contributed by atoms with Gasteiger partial charge in [-0.25, -0.2) is 0 Å². The van der Waals surface area contributed by atoms with Crippen molar-refractivity contribution in [2.24, 2.45) is 0 Å². The van der Waals surface area contributed by atoms with Crippen molar-refractivity contribution in [1.82, 2.24) is 5.32 Å². The van der Waals surface area contributed by atoms with Crippen LogP contribution in [-0.2, 0) is 11.2 Å². The monoisotopic (exact) mass is 217 g/mol. The summed E-state index contributed by atoms with van der Waals surface area (Å²) < 4.78 is 0. The standard InChI is InChI=1S/C10H11NO2.K.H/c12-10(13)9-8-4-2-1-3-7(8)5-6-11-9;;/h1-4,9,11H,5-6H2,(H,12,13);;/q;+1;-1/t9-;;/m0../s1. The first-order chi connectivity index (χ1) is 6.29. The van der Waals surface area contributed by atoms with Gasteiger partial charge in [0.25, 0.3) is 0 Å². The Kier molecular flexibility index (Phi) is 4.76. The first-order valence-electron chi connectivity index (χ1n) is 4.33. The van der Waals surface area contributed by atoms with Crippen molar-refractivity contribution >= 4 is 5.97 Å². The van der Waals surface area contributed by atoms with Crippen LogP contribution in [0.5, 0.6) is 0 Å². The maximum absolute atomic E-state index is 10.9. The number of hydrogen-bond donors (Lipinski definition) is 2. The largest absolute Gasteiger partial charge is 1.00 e. The van der Waals surface area contributed by atoms with Crippen molar-refractivity contribution in [3.8, 4) is 0 Å². The van der Waals surface area contributed by atoms with E-state index in [0.29, 0.717) is 0 Å². The third-order valence-corrected chi connectivity index (χ3v) is 2.36. The molecule has 4 heteroatoms. The van der Waals surface area contributed by atoms with Crippen LogP contribution in [0, 0.1) is 0 Å². The molecule has 0 bridgehead atoms. The number of aliphatic carboxylic acids is 1. The topological polar surface area (TPSA) is 49.3 Å². The zero-order chi connectivity index (χ0) is 9.26. The molecular weight excluding hydrogens is 205 g/mol. The maximum atomic E-state index is 10.9. The molecule has 0 radical (unpaired) electrons. The number of rotatable bonds is 1. The van der Waals surface area contributed by atoms with E-state index in [1.165, 1.54) is 0 Å². The Labute approximate surface area is 127 Å². The van der Waals surface area contributed by atoms with E-state index in [2.05, 4.69) is 5.32 Å². The smallest absolute Gasteiger partial charge is 1.00 e. The van der Waals surface area contributed by atoms with Crippen LogP contribution in [0.25, 0.3) is 0 Å². The maximum Gasteiger partial charge on any atom is 1.00 e. The number of carbonyl (C=O) groups is 1. The van der Waals surface area contributed by atoms with E-state index in [0.717, 1.165) is 24.1 Å². The van der Waals surface area contributed by atoms with Crippen LogP contribution in [0.3, 0.4) is 0 Å². The molecule has 0 spiro atoms. The van der Waals surface area contributed by atoms with Crippen molar-refractivity contribution in [3.63, 3.8) is 0 Å². The minimum absolute atomic E-state index is 0. The molecule has 0 saturated carbocycles. The van der Waals surface area contributed by atoms with Gasteiger partial charge in [-0.3, -0.25) is 4.79 Å². The molecule has 2 rings (SSSR count). The van der Waals surface area contributed by atoms with Crippen molar-refractivity contribution in [1.29, 1.82) is 0 Å². The molecule has 3 nitrogen and oxygen atoms in total. The van der Waals surface area contributed by atoms with Crippen LogP contribution in [-0.4, -0.2) is 17.6 Å². The fourth-order valence-electron chi connectivity index (χ4n) is 1.72. The Morgan fingerprint density at radius 1 is 1.50 bits per heavy atom. The number of nitrogens with one attached hydrogen (secondary N) is 1. The second-order valence-electron chi connectivity index (χ2n) is 3.17. The Morgan fingerprint density at radius 2 is 2.21 bits per heavy atom. The van der Waals surface area contributed by atoms with Crippen LogP contribution in [0.4, 0.5) is 0 Å². The van der Waals surface area contributed by atoms with Crippen molar-refractivity contribution < 1.29 is 62.7 Å². The van der Waals surface area contributed by atoms with E-state index in [4.69, 9.17) is 5.11 Å². The predicted molar refractivity (Wildman–Crippen MR) is 49.6 cm³/mol. The Balaban J connectivity index is 0.000000980. The van der Waals surface area contributed by atoms with Crippen LogP contribution in [0.15, 0.2) is 24.3 Å². The van der Waals surface area contributed by atoms with E-state index in [1.807, 2.05) is 24.3 Å². The summed E-state index contributed by atoms with van der Waals surface area (Å²) in [6, 6.07) is 7.17. The van der Waals surface area contributed by atoms with Gasteiger partial charge in [-0.1, -0.05) is 24.3 Å². The summed E-state index contributed by atoms with van der Waals surface area (Å²) in [4.78, 5) is 10.9. The third kappa shape index (κ3) is 2.45. The van der Waals surface area contributed by atoms with Crippen molar-refractivity contribution in [2.45, 2.75) is 12.5 Å². The summed E-state index contributed by atoms with van der Waals surface area (Å²) in [6.07, 6.45) is 0.917. The molecule has 14 heavy (non-hydrogen) atoms. The molecule has 1 aliphatic heterocycles. The van der Waals surface area contributed by atoms with Gasteiger partial charge in [-0.05, 0) is 17.5 Å². The van der Waals surface area contributed by atoms with Crippen LogP contribution in [0.1, 0.15) is 18.6 Å². The molecule has 1 aromatic rings. The molecule has 0 aromatic heterocycles. The van der Waals surface area contributed by atoms with Gasteiger partial charge in [0.1, 0.15) is 6.04 Å². The quantitative estimate of drug-likeness (QED) is 0.539. The van der Waals surface area contributed by atoms with Crippen LogP contribution < -0.4 is 56.7 Å². The van der Waals surface area contributed by atoms with Crippen LogP contribution in [0.2, 0.25) is 0 Å². The molecule has 0 saturated heterocycles. The van der Waals surface area contributed by atoms with E-state index in [9.17, 15) is 4.79 Å². The fourth-order valence-corrected chi connectivity index (χ4v) is 1.72. The van der Waals surface area contributed by atoms with Gasteiger partial charge in [-0.2, -0.15) is 0 Å². The van der Waals surface area contributed by atoms with Gasteiger partial charge in [-0.15, -0.1) is 0 Å². The number of carboxylic acid groups (broad SMARTS) is 1. The van der Waals surface area contributed by atoms with Gasteiger partial charge in [0.15, 0.2) is 0 Å². The number of carboxylic acids is 1. The summed E-state index contributed by atoms with van der Waals surface area (Å²) in [5.74, 6) is -0.799. The van der Waals surface area contributed by atoms with Gasteiger partial charge in [0.05, 0.1) is 0 Å². The predicted octanol–water partition coefficient (Wildman–Crippen LogP) is -1.93. The first kappa shape index (κ1) is 12.4. The zero-order valence-corrected chi connectivity index (χ0v) is 11.3. The molecule has 0 fully saturated rings. The summed E-state index contributed by atoms with van der Waals surface area (Å²) in [5, 5.41) is 11.9. The molecule has 1 heterocycles. The minimum Gasteiger partial charge on any atom is -1.00 e. The SMILES string of the molecule is O=C(O)[C@H]1NCCc2ccccc21.[H-].[K+]. The van der Waals surface area contributed by atoms with Gasteiger partial charge >= 0.3 is 57.4 Å². The Bertz CT molecular complexity index is 346. The second-order valence-corrected chi connectivity index (χ2v) is 3.17. The molecule has 0 unspecified atom stereocenters. The molecule has 2 N–H and O–H groups in total. The van der Waals surface area contributed by atoms with Crippen LogP contribution >= 0.6 is 0 Å². The fraction of sp³-hybridized carbons (Fsp3) is 0.300. The van der Waals surface area contributed by atoms with E-state index < -0.39 is 12.0 Å². The molecule has 1 atom stereocenters.